The van der Waals surface area contributed by atoms with Gasteiger partial charge in [-0.25, -0.2) is 26.4 Å². The maximum atomic E-state index is 12.9. The normalized spacial score (nSPS) is 11.3. The summed E-state index contributed by atoms with van der Waals surface area (Å²) in [6.07, 6.45) is 0. The molecule has 0 atom stereocenters. The number of aryl methyl sites for hydroxylation is 1. The zero-order valence-electron chi connectivity index (χ0n) is 24.8. The van der Waals surface area contributed by atoms with Gasteiger partial charge in [-0.15, -0.1) is 0 Å². The summed E-state index contributed by atoms with van der Waals surface area (Å²) in [5.74, 6) is -3.56. The van der Waals surface area contributed by atoms with E-state index in [0.717, 1.165) is 31.4 Å². The minimum absolute atomic E-state index is 0. The molecule has 4 rings (SSSR count). The molecule has 0 aliphatic rings. The van der Waals surface area contributed by atoms with Crippen LogP contribution in [0.15, 0.2) is 33.1 Å². The molecule has 232 valence electrons. The smallest absolute Gasteiger partial charge is 0.716 e. The summed E-state index contributed by atoms with van der Waals surface area (Å²) < 4.78 is 109. The molecule has 20 heteroatoms. The van der Waals surface area contributed by atoms with Crippen molar-refractivity contribution in [2.24, 2.45) is 0 Å². The molecule has 0 bridgehead atoms. The van der Waals surface area contributed by atoms with Crippen LogP contribution in [0.3, 0.4) is 0 Å². The zero-order chi connectivity index (χ0) is 31.7. The van der Waals surface area contributed by atoms with Gasteiger partial charge in [-0.2, -0.15) is 0 Å². The predicted octanol–water partition coefficient (Wildman–Crippen LogP) is -2.89. The Morgan fingerprint density at radius 2 is 1.20 bits per heavy atom. The van der Waals surface area contributed by atoms with Gasteiger partial charge in [0.1, 0.15) is 34.7 Å². The first-order valence-corrected chi connectivity index (χ1v) is 14.8. The van der Waals surface area contributed by atoms with Gasteiger partial charge >= 0.3 is 71.1 Å². The molecule has 2 aromatic heterocycles. The maximum Gasteiger partial charge on any atom is 1.00 e. The van der Waals surface area contributed by atoms with Crippen LogP contribution in [-0.4, -0.2) is 58.2 Å². The summed E-state index contributed by atoms with van der Waals surface area (Å²) in [6.45, 7) is 3.91. The van der Waals surface area contributed by atoms with E-state index in [4.69, 9.17) is 27.8 Å². The van der Waals surface area contributed by atoms with Crippen molar-refractivity contribution in [1.82, 2.24) is 0 Å². The fraction of sp³-hybridized carbons (Fsp3) is 0.280. The molecule has 0 radical (unpaired) electrons. The van der Waals surface area contributed by atoms with Crippen molar-refractivity contribution >= 4 is 54.7 Å². The SMILES string of the molecule is CCOC(=O)c1c(C)oc2cc(OCc3oc4cc(OC)c(OS(=O)(=O)[O-])cc4c3C(=O)OCC)c(OS(=O)(=O)[O-])cc12.[Na+].[Na+]. The van der Waals surface area contributed by atoms with Crippen LogP contribution in [0.2, 0.25) is 0 Å². The first-order valence-electron chi connectivity index (χ1n) is 12.1. The van der Waals surface area contributed by atoms with Crippen LogP contribution < -0.4 is 77.0 Å². The van der Waals surface area contributed by atoms with Gasteiger partial charge in [0.05, 0.1) is 20.3 Å². The van der Waals surface area contributed by atoms with E-state index in [-0.39, 0.29) is 128 Å². The fourth-order valence-corrected chi connectivity index (χ4v) is 4.83. The van der Waals surface area contributed by atoms with Gasteiger partial charge in [0.2, 0.25) is 0 Å². The van der Waals surface area contributed by atoms with Crippen molar-refractivity contribution in [1.29, 1.82) is 0 Å². The number of carbonyl (C=O) groups excluding carboxylic acids is 2. The predicted molar refractivity (Wildman–Crippen MR) is 141 cm³/mol. The second-order valence-electron chi connectivity index (χ2n) is 8.44. The number of hydrogen-bond acceptors (Lipinski definition) is 16. The second-order valence-corrected chi connectivity index (χ2v) is 10.4. The van der Waals surface area contributed by atoms with Gasteiger partial charge in [-0.05, 0) is 32.9 Å². The van der Waals surface area contributed by atoms with Gasteiger partial charge < -0.3 is 45.3 Å². The van der Waals surface area contributed by atoms with Crippen LogP contribution in [0.5, 0.6) is 23.0 Å². The maximum absolute atomic E-state index is 12.9. The van der Waals surface area contributed by atoms with Crippen molar-refractivity contribution in [3.05, 3.63) is 46.9 Å². The molecule has 0 spiro atoms. The molecule has 0 unspecified atom stereocenters. The Balaban J connectivity index is 0.00000353. The van der Waals surface area contributed by atoms with Gasteiger partial charge in [0.15, 0.2) is 28.8 Å². The molecule has 4 aromatic rings. The Morgan fingerprint density at radius 1 is 0.733 bits per heavy atom. The third kappa shape index (κ3) is 9.06. The summed E-state index contributed by atoms with van der Waals surface area (Å²) >= 11 is 0. The second kappa shape index (κ2) is 15.4. The van der Waals surface area contributed by atoms with Crippen LogP contribution in [0.1, 0.15) is 46.1 Å². The number of furan rings is 2. The Morgan fingerprint density at radius 3 is 1.71 bits per heavy atom. The van der Waals surface area contributed by atoms with Crippen molar-refractivity contribution in [3.8, 4) is 23.0 Å². The molecule has 45 heavy (non-hydrogen) atoms. The van der Waals surface area contributed by atoms with Gasteiger partial charge in [-0.1, -0.05) is 0 Å². The molecular formula is C25H22Na2O16S2. The molecule has 16 nitrogen and oxygen atoms in total. The molecule has 0 saturated carbocycles. The molecule has 0 amide bonds. The number of methoxy groups -OCH3 is 1. The van der Waals surface area contributed by atoms with Crippen LogP contribution in [0.25, 0.3) is 21.9 Å². The van der Waals surface area contributed by atoms with Crippen LogP contribution in [0.4, 0.5) is 0 Å². The van der Waals surface area contributed by atoms with E-state index in [1.807, 2.05) is 0 Å². The van der Waals surface area contributed by atoms with Gasteiger partial charge in [0.25, 0.3) is 20.8 Å². The van der Waals surface area contributed by atoms with E-state index in [1.54, 1.807) is 6.92 Å². The summed E-state index contributed by atoms with van der Waals surface area (Å²) in [5, 5.41) is 0.0112. The van der Waals surface area contributed by atoms with Crippen molar-refractivity contribution in [2.45, 2.75) is 27.4 Å². The average Bonchev–Trinajstić information content (AvgIpc) is 3.40. The average molecular weight is 689 g/mol. The number of hydrogen-bond donors (Lipinski definition) is 0. The molecule has 2 aromatic carbocycles. The molecular weight excluding hydrogens is 666 g/mol. The quantitative estimate of drug-likeness (QED) is 0.0629. The van der Waals surface area contributed by atoms with Crippen LogP contribution in [-0.2, 0) is 36.9 Å². The van der Waals surface area contributed by atoms with Crippen molar-refractivity contribution in [2.75, 3.05) is 20.3 Å². The molecule has 0 aliphatic carbocycles. The van der Waals surface area contributed by atoms with E-state index in [9.17, 15) is 35.5 Å². The van der Waals surface area contributed by atoms with Crippen LogP contribution >= 0.6 is 0 Å². The van der Waals surface area contributed by atoms with Crippen LogP contribution in [0, 0.1) is 6.92 Å². The fourth-order valence-electron chi connectivity index (χ4n) is 4.13. The third-order valence-corrected chi connectivity index (χ3v) is 6.45. The van der Waals surface area contributed by atoms with E-state index in [0.29, 0.717) is 0 Å². The monoisotopic (exact) mass is 688 g/mol. The molecule has 0 N–H and O–H groups in total. The minimum atomic E-state index is -5.34. The summed E-state index contributed by atoms with van der Waals surface area (Å²) in [4.78, 5) is 25.4. The van der Waals surface area contributed by atoms with E-state index in [2.05, 4.69) is 8.37 Å². The van der Waals surface area contributed by atoms with E-state index >= 15 is 0 Å². The number of carbonyl (C=O) groups is 2. The summed E-state index contributed by atoms with van der Waals surface area (Å²) in [6, 6.07) is 4.34. The molecule has 0 saturated heterocycles. The number of benzene rings is 2. The number of fused-ring (bicyclic) bond motifs is 2. The Kier molecular flexibility index (Phi) is 13.2. The first-order chi connectivity index (χ1) is 20.2. The van der Waals surface area contributed by atoms with Crippen molar-refractivity contribution < 1.29 is 131 Å². The summed E-state index contributed by atoms with van der Waals surface area (Å²) in [7, 11) is -9.42. The zero-order valence-corrected chi connectivity index (χ0v) is 30.4. The van der Waals surface area contributed by atoms with E-state index < -0.39 is 50.8 Å². The van der Waals surface area contributed by atoms with Gasteiger partial charge in [0, 0.05) is 22.9 Å². The molecule has 2 heterocycles. The Hall–Kier alpha value is -2.52. The van der Waals surface area contributed by atoms with E-state index in [1.165, 1.54) is 13.8 Å². The largest absolute Gasteiger partial charge is 1.00 e. The van der Waals surface area contributed by atoms with Gasteiger partial charge in [-0.3, -0.25) is 0 Å². The molecule has 0 aliphatic heterocycles. The Bertz CT molecular complexity index is 1940. The number of esters is 2. The Labute approximate surface area is 300 Å². The number of ether oxygens (including phenoxy) is 4. The van der Waals surface area contributed by atoms with Crippen molar-refractivity contribution in [3.63, 3.8) is 0 Å². The molecule has 0 fully saturated rings. The summed E-state index contributed by atoms with van der Waals surface area (Å²) in [5.41, 5.74) is -0.299. The topological polar surface area (TPSA) is 230 Å². The minimum Gasteiger partial charge on any atom is -0.716 e. The first kappa shape index (κ1) is 38.7. The third-order valence-electron chi connectivity index (χ3n) is 5.68. The number of rotatable bonds is 12. The standard InChI is InChI=1S/C25H24O16S2.2Na/c1-5-35-24(26)22-12(3)38-15-10-18(20(7-13(15)22)41-43(31,32)33)37-11-21-23(25(27)36-6-2)14-8-19(40-42(28,29)30)17(34-4)9-16(14)39-21;;/h7-10H,5-6,11H2,1-4H3,(H,28,29,30)(H,31,32,33);;/q;2*+1/p-2.